The van der Waals surface area contributed by atoms with E-state index in [0.29, 0.717) is 12.0 Å². The predicted molar refractivity (Wildman–Crippen MR) is 145 cm³/mol. The first kappa shape index (κ1) is 29.0. The molecule has 0 N–H and O–H groups in total. The number of allylic oxidation sites excluding steroid dienone is 3. The van der Waals surface area contributed by atoms with E-state index in [0.717, 1.165) is 23.1 Å². The standard InChI is InChI=1S/C17H28NS.C10H12O.2ClH.Ru/c1-11(2)15-8-7-9-16(12(3)4)17(15)18-10-19-14(6)13(18)5;1-8(2)11-10-7-5-4-6-9(10)3;;;/h8,10-12,16-17H,7,9H2,1-6H3;3-8H,1-2H3;2*1H;/q-1;;;;+2/p-2/t16?,17-;;;;/m0..../s1. The van der Waals surface area contributed by atoms with Crippen LogP contribution in [-0.4, -0.2) is 21.7 Å². The van der Waals surface area contributed by atoms with Crippen LogP contribution in [0, 0.1) is 23.6 Å². The maximum atomic E-state index is 5.82. The molecule has 1 heterocycles. The van der Waals surface area contributed by atoms with Gasteiger partial charge in [0.2, 0.25) is 0 Å². The van der Waals surface area contributed by atoms with Gasteiger partial charge in [-0.05, 0) is 55.0 Å². The largest absolute Gasteiger partial charge is 0.509 e. The number of halogens is 2. The van der Waals surface area contributed by atoms with Crippen LogP contribution in [0.3, 0.4) is 0 Å². The number of thioether (sulfide) groups is 1. The van der Waals surface area contributed by atoms with Crippen molar-refractivity contribution in [2.24, 2.45) is 17.8 Å². The number of ether oxygens (including phenoxy) is 1. The topological polar surface area (TPSA) is 12.5 Å². The Balaban J connectivity index is 0.000000245. The fourth-order valence-corrected chi connectivity index (χ4v) is 7.02. The zero-order valence-corrected chi connectivity index (χ0v) is 25.3. The van der Waals surface area contributed by atoms with Crippen molar-refractivity contribution in [1.82, 2.24) is 4.90 Å². The summed E-state index contributed by atoms with van der Waals surface area (Å²) in [6.07, 6.45) is 5.26. The summed E-state index contributed by atoms with van der Waals surface area (Å²) in [4.78, 5) is 4.01. The number of hydrogen-bond acceptors (Lipinski definition) is 3. The van der Waals surface area contributed by atoms with E-state index in [1.165, 1.54) is 23.4 Å². The van der Waals surface area contributed by atoms with E-state index < -0.39 is 13.5 Å². The molecule has 1 aromatic carbocycles. The van der Waals surface area contributed by atoms with Crippen LogP contribution < -0.4 is 4.74 Å². The van der Waals surface area contributed by atoms with Gasteiger partial charge < -0.3 is 4.90 Å². The van der Waals surface area contributed by atoms with Crippen LogP contribution in [-0.2, 0) is 13.5 Å². The molecule has 2 nitrogen and oxygen atoms in total. The first-order valence-corrected chi connectivity index (χ1v) is 18.1. The maximum absolute atomic E-state index is 5.82. The molecule has 1 aromatic rings. The quantitative estimate of drug-likeness (QED) is 0.184. The zero-order valence-electron chi connectivity index (χ0n) is 21.2. The number of nitrogens with zero attached hydrogens (tertiary/aromatic N) is 1. The van der Waals surface area contributed by atoms with E-state index >= 15 is 0 Å². The van der Waals surface area contributed by atoms with Gasteiger partial charge >= 0.3 is 97.8 Å². The zero-order chi connectivity index (χ0) is 24.7. The molecule has 0 saturated carbocycles. The van der Waals surface area contributed by atoms with E-state index in [4.69, 9.17) is 24.1 Å². The molecule has 0 spiro atoms. The third-order valence-corrected chi connectivity index (χ3v) is 8.97. The molecule has 188 valence electrons. The Labute approximate surface area is 219 Å². The third-order valence-electron chi connectivity index (χ3n) is 6.16. The molecule has 0 fully saturated rings. The van der Waals surface area contributed by atoms with E-state index in [9.17, 15) is 0 Å². The maximum Gasteiger partial charge on any atom is 0.0257 e. The van der Waals surface area contributed by atoms with E-state index in [-0.39, 0.29) is 6.10 Å². The van der Waals surface area contributed by atoms with Gasteiger partial charge in [0, 0.05) is 6.04 Å². The second kappa shape index (κ2) is 13.7. The van der Waals surface area contributed by atoms with Gasteiger partial charge in [-0.2, -0.15) is 5.88 Å². The van der Waals surface area contributed by atoms with Crippen LogP contribution >= 0.6 is 31.1 Å². The molecule has 0 bridgehead atoms. The average molecular weight is 599 g/mol. The molecule has 1 unspecified atom stereocenters. The Morgan fingerprint density at radius 2 is 1.79 bits per heavy atom. The Hall–Kier alpha value is -0.277. The smallest absolute Gasteiger partial charge is 0.0257 e. The summed E-state index contributed by atoms with van der Waals surface area (Å²) in [6.45, 7) is 18.0. The normalized spacial score (nSPS) is 21.3. The Kier molecular flexibility index (Phi) is 12.0. The van der Waals surface area contributed by atoms with Gasteiger partial charge in [0.05, 0.1) is 0 Å². The summed E-state index contributed by atoms with van der Waals surface area (Å²) >= 11 is 0.118. The molecule has 0 saturated heterocycles. The molecule has 2 atom stereocenters. The fraction of sp³-hybridized carbons (Fsp3) is 0.556. The summed E-state index contributed by atoms with van der Waals surface area (Å²) in [7, 11) is 11.6. The third kappa shape index (κ3) is 8.41. The summed E-state index contributed by atoms with van der Waals surface area (Å²) in [6, 6.07) is 8.36. The van der Waals surface area contributed by atoms with Gasteiger partial charge in [-0.25, -0.2) is 0 Å². The van der Waals surface area contributed by atoms with Crippen molar-refractivity contribution < 1.29 is 18.3 Å². The molecule has 0 aromatic heterocycles. The van der Waals surface area contributed by atoms with Crippen LogP contribution in [0.2, 0.25) is 0 Å². The van der Waals surface area contributed by atoms with E-state index in [1.807, 2.05) is 54.5 Å². The van der Waals surface area contributed by atoms with Gasteiger partial charge in [-0.1, -0.05) is 39.3 Å². The monoisotopic (exact) mass is 598 g/mol. The molecule has 3 rings (SSSR count). The molecule has 33 heavy (non-hydrogen) atoms. The summed E-state index contributed by atoms with van der Waals surface area (Å²) in [5.74, 6) is 5.37. The van der Waals surface area contributed by atoms with Gasteiger partial charge in [-0.15, -0.1) is 0 Å². The molecule has 2 aliphatic rings. The van der Waals surface area contributed by atoms with Crippen molar-refractivity contribution in [3.63, 3.8) is 0 Å². The minimum Gasteiger partial charge on any atom is -0.509 e. The Morgan fingerprint density at radius 3 is 2.30 bits per heavy atom. The Bertz CT molecular complexity index is 875. The second-order valence-electron chi connectivity index (χ2n) is 9.57. The SMILES string of the molecule is CC(C)Oc1ccccc1[CH]=[Ru]([Cl])[Cl].CC1=C(C)N([C@H]2C(C(C)C)=CCCC2C(C)C)[CH-]S1. The van der Waals surface area contributed by atoms with Crippen LogP contribution in [0.15, 0.2) is 46.5 Å². The first-order chi connectivity index (χ1) is 15.5. The molecule has 6 heteroatoms. The molecule has 1 aliphatic carbocycles. The minimum absolute atomic E-state index is 0.163. The van der Waals surface area contributed by atoms with Crippen LogP contribution in [0.5, 0.6) is 5.75 Å². The number of hydrogen-bond donors (Lipinski definition) is 0. The van der Waals surface area contributed by atoms with E-state index in [1.54, 1.807) is 5.57 Å². The van der Waals surface area contributed by atoms with Crippen LogP contribution in [0.1, 0.15) is 73.8 Å². The van der Waals surface area contributed by atoms with Gasteiger partial charge in [0.25, 0.3) is 0 Å². The van der Waals surface area contributed by atoms with Gasteiger partial charge in [0.1, 0.15) is 0 Å². The van der Waals surface area contributed by atoms with Crippen molar-refractivity contribution in [2.75, 3.05) is 0 Å². The molecular weight excluding hydrogens is 558 g/mol. The van der Waals surface area contributed by atoms with Gasteiger partial charge in [-0.3, -0.25) is 11.8 Å². The number of benzene rings is 1. The fourth-order valence-electron chi connectivity index (χ4n) is 4.38. The summed E-state index contributed by atoms with van der Waals surface area (Å²) in [5, 5.41) is 0. The second-order valence-corrected chi connectivity index (χ2v) is 16.4. The number of para-hydroxylation sites is 1. The average Bonchev–Trinajstić information content (AvgIpc) is 3.07. The predicted octanol–water partition coefficient (Wildman–Crippen LogP) is 8.97. The summed E-state index contributed by atoms with van der Waals surface area (Å²) < 4.78 is 7.51. The van der Waals surface area contributed by atoms with Crippen LogP contribution in [0.25, 0.3) is 0 Å². The van der Waals surface area contributed by atoms with Gasteiger partial charge in [0.15, 0.2) is 0 Å². The van der Waals surface area contributed by atoms with Crippen molar-refractivity contribution in [2.45, 2.75) is 80.4 Å². The molecule has 0 amide bonds. The summed E-state index contributed by atoms with van der Waals surface area (Å²) in [5.41, 5.74) is 4.09. The first-order valence-electron chi connectivity index (χ1n) is 11.8. The number of rotatable bonds is 6. The molecule has 1 aliphatic heterocycles. The van der Waals surface area contributed by atoms with Crippen molar-refractivity contribution in [3.05, 3.63) is 58.0 Å². The minimum atomic E-state index is -1.77. The van der Waals surface area contributed by atoms with Crippen molar-refractivity contribution >= 4 is 35.8 Å². The molecule has 0 radical (unpaired) electrons. The van der Waals surface area contributed by atoms with Crippen molar-refractivity contribution in [1.29, 1.82) is 0 Å². The Morgan fingerprint density at radius 1 is 1.12 bits per heavy atom. The van der Waals surface area contributed by atoms with E-state index in [2.05, 4.69) is 58.4 Å². The van der Waals surface area contributed by atoms with Crippen LogP contribution in [0.4, 0.5) is 0 Å². The van der Waals surface area contributed by atoms with Crippen molar-refractivity contribution in [3.8, 4) is 5.75 Å². The molecular formula is C27H40Cl2NORuS-.